The molecule has 2 aliphatic heterocycles. The lowest BCUT2D eigenvalue weighted by Gasteiger charge is -2.42. The Labute approximate surface area is 210 Å². The molecule has 4 nitrogen and oxygen atoms in total. The maximum Gasteiger partial charge on any atom is 0.229 e. The lowest BCUT2D eigenvalue weighted by atomic mass is 9.72. The molecule has 2 amide bonds. The summed E-state index contributed by atoms with van der Waals surface area (Å²) in [6, 6.07) is 21.9. The van der Waals surface area contributed by atoms with Crippen LogP contribution < -0.4 is 0 Å². The van der Waals surface area contributed by atoms with Crippen molar-refractivity contribution in [3.8, 4) is 0 Å². The molecule has 3 aromatic carbocycles. The average Bonchev–Trinajstić information content (AvgIpc) is 2.97. The molecule has 180 valence electrons. The Kier molecular flexibility index (Phi) is 6.61. The first-order valence-corrected chi connectivity index (χ1v) is 12.4. The van der Waals surface area contributed by atoms with E-state index in [-0.39, 0.29) is 17.6 Å². The summed E-state index contributed by atoms with van der Waals surface area (Å²) in [6.45, 7) is 2.09. The molecule has 35 heavy (non-hydrogen) atoms. The zero-order valence-electron chi connectivity index (χ0n) is 19.6. The van der Waals surface area contributed by atoms with Crippen LogP contribution in [0.3, 0.4) is 0 Å². The van der Waals surface area contributed by atoms with Gasteiger partial charge in [-0.3, -0.25) is 9.59 Å². The zero-order valence-corrected chi connectivity index (χ0v) is 20.3. The van der Waals surface area contributed by atoms with Crippen molar-refractivity contribution in [2.45, 2.75) is 38.8 Å². The standard InChI is InChI=1S/C29H28ClFN2O2/c30-25-9-5-21(6-10-25)17-27(34)32-15-13-29(14-16-32)18-23-3-1-2-4-24(23)20-33(28(29)35)19-22-7-11-26(31)12-8-22/h1-12H,13-20H2. The molecule has 2 heterocycles. The first kappa shape index (κ1) is 23.6. The molecule has 0 saturated carbocycles. The van der Waals surface area contributed by atoms with Gasteiger partial charge in [-0.25, -0.2) is 4.39 Å². The van der Waals surface area contributed by atoms with Crippen LogP contribution in [0.5, 0.6) is 0 Å². The largest absolute Gasteiger partial charge is 0.342 e. The third kappa shape index (κ3) is 5.10. The van der Waals surface area contributed by atoms with E-state index < -0.39 is 5.41 Å². The van der Waals surface area contributed by atoms with Gasteiger partial charge in [0.15, 0.2) is 0 Å². The van der Waals surface area contributed by atoms with Gasteiger partial charge in [-0.05, 0) is 65.8 Å². The SMILES string of the molecule is O=C(Cc1ccc(Cl)cc1)N1CCC2(CC1)Cc1ccccc1CN(Cc1ccc(F)cc1)C2=O. The molecule has 6 heteroatoms. The van der Waals surface area contributed by atoms with Gasteiger partial charge in [-0.2, -0.15) is 0 Å². The lowest BCUT2D eigenvalue weighted by molar-refractivity contribution is -0.148. The van der Waals surface area contributed by atoms with Crippen molar-refractivity contribution < 1.29 is 14.0 Å². The Morgan fingerprint density at radius 2 is 1.51 bits per heavy atom. The van der Waals surface area contributed by atoms with Crippen LogP contribution in [0.15, 0.2) is 72.8 Å². The summed E-state index contributed by atoms with van der Waals surface area (Å²) in [6.07, 6.45) is 2.28. The predicted octanol–water partition coefficient (Wildman–Crippen LogP) is 5.42. The van der Waals surface area contributed by atoms with Gasteiger partial charge >= 0.3 is 0 Å². The van der Waals surface area contributed by atoms with E-state index in [9.17, 15) is 14.0 Å². The van der Waals surface area contributed by atoms with Crippen LogP contribution in [0.2, 0.25) is 5.02 Å². The molecule has 0 N–H and O–H groups in total. The van der Waals surface area contributed by atoms with E-state index in [4.69, 9.17) is 11.6 Å². The number of amides is 2. The molecule has 0 aromatic heterocycles. The highest BCUT2D eigenvalue weighted by molar-refractivity contribution is 6.30. The fourth-order valence-electron chi connectivity index (χ4n) is 5.34. The van der Waals surface area contributed by atoms with Gasteiger partial charge in [-0.15, -0.1) is 0 Å². The molecular weight excluding hydrogens is 463 g/mol. The third-order valence-corrected chi connectivity index (χ3v) is 7.63. The fraction of sp³-hybridized carbons (Fsp3) is 0.310. The quantitative estimate of drug-likeness (QED) is 0.490. The molecule has 1 saturated heterocycles. The van der Waals surface area contributed by atoms with Crippen LogP contribution in [0.4, 0.5) is 4.39 Å². The normalized spacial score (nSPS) is 17.3. The van der Waals surface area contributed by atoms with E-state index in [0.717, 1.165) is 16.7 Å². The third-order valence-electron chi connectivity index (χ3n) is 7.38. The number of carbonyl (C=O) groups excluding carboxylic acids is 2. The molecule has 5 rings (SSSR count). The Morgan fingerprint density at radius 1 is 0.886 bits per heavy atom. The molecule has 0 atom stereocenters. The van der Waals surface area contributed by atoms with E-state index in [1.807, 2.05) is 34.1 Å². The number of fused-ring (bicyclic) bond motifs is 1. The van der Waals surface area contributed by atoms with Gasteiger partial charge in [0.1, 0.15) is 5.82 Å². The fourth-order valence-corrected chi connectivity index (χ4v) is 5.46. The second kappa shape index (κ2) is 9.82. The highest BCUT2D eigenvalue weighted by Crippen LogP contribution is 2.41. The topological polar surface area (TPSA) is 40.6 Å². The van der Waals surface area contributed by atoms with E-state index in [0.29, 0.717) is 56.9 Å². The molecular formula is C29H28ClFN2O2. The van der Waals surface area contributed by atoms with Gasteiger partial charge in [0, 0.05) is 31.2 Å². The van der Waals surface area contributed by atoms with Gasteiger partial charge in [0.2, 0.25) is 11.8 Å². The van der Waals surface area contributed by atoms with Crippen LogP contribution in [0.25, 0.3) is 0 Å². The average molecular weight is 491 g/mol. The van der Waals surface area contributed by atoms with Gasteiger partial charge in [0.25, 0.3) is 0 Å². The molecule has 2 aliphatic rings. The Hall–Kier alpha value is -3.18. The Bertz CT molecular complexity index is 1220. The Balaban J connectivity index is 1.34. The second-order valence-corrected chi connectivity index (χ2v) is 10.1. The molecule has 1 spiro atoms. The maximum absolute atomic E-state index is 14.0. The summed E-state index contributed by atoms with van der Waals surface area (Å²) in [5.74, 6) is -0.0805. The van der Waals surface area contributed by atoms with Gasteiger partial charge < -0.3 is 9.80 Å². The summed E-state index contributed by atoms with van der Waals surface area (Å²) in [7, 11) is 0. The number of likely N-dealkylation sites (tertiary alicyclic amines) is 1. The lowest BCUT2D eigenvalue weighted by Crippen LogP contribution is -2.51. The van der Waals surface area contributed by atoms with Gasteiger partial charge in [0.05, 0.1) is 11.8 Å². The molecule has 1 fully saturated rings. The summed E-state index contributed by atoms with van der Waals surface area (Å²) < 4.78 is 13.4. The van der Waals surface area contributed by atoms with Crippen LogP contribution >= 0.6 is 11.6 Å². The van der Waals surface area contributed by atoms with Crippen molar-refractivity contribution in [2.24, 2.45) is 5.41 Å². The molecule has 0 bridgehead atoms. The number of benzene rings is 3. The van der Waals surface area contributed by atoms with Crippen molar-refractivity contribution in [1.82, 2.24) is 9.80 Å². The van der Waals surface area contributed by atoms with Crippen molar-refractivity contribution in [3.05, 3.63) is 106 Å². The van der Waals surface area contributed by atoms with E-state index in [1.54, 1.807) is 24.3 Å². The summed E-state index contributed by atoms with van der Waals surface area (Å²) in [5.41, 5.74) is 3.66. The maximum atomic E-state index is 14.0. The van der Waals surface area contributed by atoms with Crippen LogP contribution in [-0.4, -0.2) is 34.7 Å². The van der Waals surface area contributed by atoms with E-state index in [1.165, 1.54) is 17.7 Å². The molecule has 0 radical (unpaired) electrons. The number of nitrogens with zero attached hydrogens (tertiary/aromatic N) is 2. The number of rotatable bonds is 4. The molecule has 0 unspecified atom stereocenters. The highest BCUT2D eigenvalue weighted by Gasteiger charge is 2.46. The van der Waals surface area contributed by atoms with E-state index >= 15 is 0 Å². The number of carbonyl (C=O) groups is 2. The second-order valence-electron chi connectivity index (χ2n) is 9.70. The highest BCUT2D eigenvalue weighted by atomic mass is 35.5. The number of halogens is 2. The number of hydrogen-bond donors (Lipinski definition) is 0. The minimum atomic E-state index is -0.538. The van der Waals surface area contributed by atoms with Crippen molar-refractivity contribution in [1.29, 1.82) is 0 Å². The predicted molar refractivity (Wildman–Crippen MR) is 134 cm³/mol. The molecule has 3 aromatic rings. The number of piperidine rings is 1. The van der Waals surface area contributed by atoms with Crippen molar-refractivity contribution >= 4 is 23.4 Å². The molecule has 0 aliphatic carbocycles. The smallest absolute Gasteiger partial charge is 0.229 e. The summed E-state index contributed by atoms with van der Waals surface area (Å²) in [4.78, 5) is 30.8. The summed E-state index contributed by atoms with van der Waals surface area (Å²) >= 11 is 5.96. The van der Waals surface area contributed by atoms with Gasteiger partial charge in [-0.1, -0.05) is 60.1 Å². The van der Waals surface area contributed by atoms with E-state index in [2.05, 4.69) is 12.1 Å². The zero-order chi connectivity index (χ0) is 24.4. The van der Waals surface area contributed by atoms with Crippen molar-refractivity contribution in [3.63, 3.8) is 0 Å². The van der Waals surface area contributed by atoms with Crippen LogP contribution in [0, 0.1) is 11.2 Å². The minimum Gasteiger partial charge on any atom is -0.342 e. The number of hydrogen-bond acceptors (Lipinski definition) is 2. The first-order valence-electron chi connectivity index (χ1n) is 12.0. The van der Waals surface area contributed by atoms with Crippen LogP contribution in [0.1, 0.15) is 35.1 Å². The van der Waals surface area contributed by atoms with Crippen molar-refractivity contribution in [2.75, 3.05) is 13.1 Å². The minimum absolute atomic E-state index is 0.0758. The Morgan fingerprint density at radius 3 is 2.20 bits per heavy atom. The summed E-state index contributed by atoms with van der Waals surface area (Å²) in [5, 5.41) is 0.651. The monoisotopic (exact) mass is 490 g/mol. The first-order chi connectivity index (χ1) is 16.9. The van der Waals surface area contributed by atoms with Crippen LogP contribution in [-0.2, 0) is 35.5 Å².